The summed E-state index contributed by atoms with van der Waals surface area (Å²) in [5, 5.41) is 15.5. The monoisotopic (exact) mass is 308 g/mol. The van der Waals surface area contributed by atoms with Gasteiger partial charge >= 0.3 is 0 Å². The molecule has 1 aromatic heterocycles. The maximum Gasteiger partial charge on any atom is 0.282 e. The number of nitrogens with zero attached hydrogens (tertiary/aromatic N) is 4. The highest BCUT2D eigenvalue weighted by atomic mass is 16.6. The van der Waals surface area contributed by atoms with E-state index in [1.807, 2.05) is 0 Å². The number of hydrogen-bond donors (Lipinski definition) is 0. The number of rotatable bonds is 3. The van der Waals surface area contributed by atoms with E-state index in [0.717, 1.165) is 4.68 Å². The van der Waals surface area contributed by atoms with E-state index in [9.17, 15) is 14.9 Å². The summed E-state index contributed by atoms with van der Waals surface area (Å²) in [7, 11) is 0. The van der Waals surface area contributed by atoms with E-state index in [2.05, 4.69) is 10.1 Å². The zero-order valence-corrected chi connectivity index (χ0v) is 12.2. The summed E-state index contributed by atoms with van der Waals surface area (Å²) in [4.78, 5) is 27.3. The summed E-state index contributed by atoms with van der Waals surface area (Å²) in [6.45, 7) is 1.66. The maximum atomic E-state index is 12.5. The number of fused-ring (bicyclic) bond motifs is 1. The molecular formula is C16H12N4O3. The summed E-state index contributed by atoms with van der Waals surface area (Å²) in [6.07, 6.45) is 1.29. The van der Waals surface area contributed by atoms with Crippen LogP contribution in [0.15, 0.2) is 58.4 Å². The van der Waals surface area contributed by atoms with Gasteiger partial charge in [0.1, 0.15) is 5.82 Å². The second kappa shape index (κ2) is 5.80. The second-order valence-corrected chi connectivity index (χ2v) is 4.85. The van der Waals surface area contributed by atoms with Gasteiger partial charge in [-0.25, -0.2) is 4.98 Å². The summed E-state index contributed by atoms with van der Waals surface area (Å²) >= 11 is 0. The van der Waals surface area contributed by atoms with Crippen molar-refractivity contribution in [2.24, 2.45) is 5.10 Å². The first-order chi connectivity index (χ1) is 11.1. The molecule has 0 saturated heterocycles. The number of benzene rings is 2. The Balaban J connectivity index is 2.12. The van der Waals surface area contributed by atoms with E-state index >= 15 is 0 Å². The van der Waals surface area contributed by atoms with Crippen LogP contribution in [0.5, 0.6) is 0 Å². The van der Waals surface area contributed by atoms with Gasteiger partial charge in [0.2, 0.25) is 0 Å². The molecule has 0 amide bonds. The van der Waals surface area contributed by atoms with Crippen molar-refractivity contribution in [2.45, 2.75) is 6.92 Å². The van der Waals surface area contributed by atoms with Crippen LogP contribution in [0.2, 0.25) is 0 Å². The Kier molecular flexibility index (Phi) is 3.68. The van der Waals surface area contributed by atoms with Crippen molar-refractivity contribution in [1.29, 1.82) is 0 Å². The third-order valence-corrected chi connectivity index (χ3v) is 3.36. The van der Waals surface area contributed by atoms with Crippen LogP contribution in [0.1, 0.15) is 11.4 Å². The van der Waals surface area contributed by atoms with E-state index in [0.29, 0.717) is 22.3 Å². The fraction of sp³-hybridized carbons (Fsp3) is 0.0625. The Hall–Kier alpha value is -3.35. The standard InChI is InChI=1S/C16H12N4O3/c1-11-18-14-8-4-3-7-13(14)16(21)19(11)17-10-12-6-2-5-9-15(12)20(22)23/h2-10H,1H3/b17-10-. The van der Waals surface area contributed by atoms with Gasteiger partial charge in [0, 0.05) is 6.07 Å². The first-order valence-electron chi connectivity index (χ1n) is 6.84. The van der Waals surface area contributed by atoms with Crippen LogP contribution in [-0.2, 0) is 0 Å². The number of nitro benzene ring substituents is 1. The Morgan fingerprint density at radius 1 is 1.17 bits per heavy atom. The van der Waals surface area contributed by atoms with Crippen molar-refractivity contribution in [3.05, 3.63) is 80.4 Å². The minimum atomic E-state index is -0.490. The molecule has 0 radical (unpaired) electrons. The molecule has 2 aromatic carbocycles. The molecule has 0 aliphatic rings. The Bertz CT molecular complexity index is 992. The van der Waals surface area contributed by atoms with Gasteiger partial charge in [-0.1, -0.05) is 24.3 Å². The molecule has 7 heteroatoms. The second-order valence-electron chi connectivity index (χ2n) is 4.85. The van der Waals surface area contributed by atoms with Crippen molar-refractivity contribution in [1.82, 2.24) is 9.66 Å². The third kappa shape index (κ3) is 2.71. The lowest BCUT2D eigenvalue weighted by molar-refractivity contribution is -0.385. The first-order valence-corrected chi connectivity index (χ1v) is 6.84. The van der Waals surface area contributed by atoms with Crippen molar-refractivity contribution in [3.63, 3.8) is 0 Å². The molecule has 0 saturated carbocycles. The maximum absolute atomic E-state index is 12.5. The molecule has 0 aliphatic carbocycles. The highest BCUT2D eigenvalue weighted by Gasteiger charge is 2.11. The van der Waals surface area contributed by atoms with Crippen LogP contribution in [0.25, 0.3) is 10.9 Å². The molecule has 0 atom stereocenters. The van der Waals surface area contributed by atoms with Crippen molar-refractivity contribution < 1.29 is 4.92 Å². The van der Waals surface area contributed by atoms with Gasteiger partial charge in [-0.3, -0.25) is 14.9 Å². The molecule has 0 N–H and O–H groups in total. The number of nitro groups is 1. The third-order valence-electron chi connectivity index (χ3n) is 3.36. The lowest BCUT2D eigenvalue weighted by Crippen LogP contribution is -2.20. The van der Waals surface area contributed by atoms with Gasteiger partial charge in [-0.05, 0) is 25.1 Å². The minimum absolute atomic E-state index is 0.0734. The van der Waals surface area contributed by atoms with Gasteiger partial charge in [0.25, 0.3) is 11.2 Å². The summed E-state index contributed by atoms with van der Waals surface area (Å²) in [5.41, 5.74) is 0.516. The summed E-state index contributed by atoms with van der Waals surface area (Å²) in [6, 6.07) is 13.2. The van der Waals surface area contributed by atoms with Crippen molar-refractivity contribution in [2.75, 3.05) is 0 Å². The first kappa shape index (κ1) is 14.6. The number of hydrogen-bond acceptors (Lipinski definition) is 5. The van der Waals surface area contributed by atoms with Crippen LogP contribution in [0.4, 0.5) is 5.69 Å². The van der Waals surface area contributed by atoms with Gasteiger partial charge < -0.3 is 0 Å². The lowest BCUT2D eigenvalue weighted by Gasteiger charge is -2.05. The fourth-order valence-electron chi connectivity index (χ4n) is 2.25. The zero-order chi connectivity index (χ0) is 16.4. The molecule has 0 aliphatic heterocycles. The molecule has 0 fully saturated rings. The normalized spacial score (nSPS) is 11.2. The van der Waals surface area contributed by atoms with Gasteiger partial charge in [0.05, 0.1) is 27.6 Å². The van der Waals surface area contributed by atoms with Crippen molar-refractivity contribution in [3.8, 4) is 0 Å². The molecule has 0 unspecified atom stereocenters. The largest absolute Gasteiger partial charge is 0.282 e. The van der Waals surface area contributed by atoms with Crippen LogP contribution in [0.3, 0.4) is 0 Å². The molecule has 3 rings (SSSR count). The lowest BCUT2D eigenvalue weighted by atomic mass is 10.2. The highest BCUT2D eigenvalue weighted by Crippen LogP contribution is 2.15. The quantitative estimate of drug-likeness (QED) is 0.422. The van der Waals surface area contributed by atoms with Crippen LogP contribution in [-0.4, -0.2) is 20.8 Å². The molecule has 0 bridgehead atoms. The summed E-state index contributed by atoms with van der Waals surface area (Å²) in [5.74, 6) is 0.406. The Morgan fingerprint density at radius 2 is 1.87 bits per heavy atom. The van der Waals surface area contributed by atoms with Crippen LogP contribution in [0, 0.1) is 17.0 Å². The Labute approximate surface area is 130 Å². The predicted molar refractivity (Wildman–Crippen MR) is 86.8 cm³/mol. The van der Waals surface area contributed by atoms with Crippen molar-refractivity contribution >= 4 is 22.8 Å². The molecule has 1 heterocycles. The molecular weight excluding hydrogens is 296 g/mol. The predicted octanol–water partition coefficient (Wildman–Crippen LogP) is 2.50. The van der Waals surface area contributed by atoms with Crippen LogP contribution < -0.4 is 5.56 Å². The molecule has 114 valence electrons. The molecule has 0 spiro atoms. The number of aromatic nitrogens is 2. The SMILES string of the molecule is Cc1nc2ccccc2c(=O)n1/N=C\c1ccccc1[N+](=O)[O-]. The smallest absolute Gasteiger partial charge is 0.267 e. The van der Waals surface area contributed by atoms with Gasteiger partial charge in [0.15, 0.2) is 0 Å². The average molecular weight is 308 g/mol. The molecule has 23 heavy (non-hydrogen) atoms. The zero-order valence-electron chi connectivity index (χ0n) is 12.2. The van der Waals surface area contributed by atoms with Gasteiger partial charge in [-0.2, -0.15) is 9.78 Å². The van der Waals surface area contributed by atoms with E-state index < -0.39 is 4.92 Å². The fourth-order valence-corrected chi connectivity index (χ4v) is 2.25. The average Bonchev–Trinajstić information content (AvgIpc) is 2.55. The molecule has 7 nitrogen and oxygen atoms in total. The summed E-state index contributed by atoms with van der Waals surface area (Å²) < 4.78 is 1.14. The van der Waals surface area contributed by atoms with E-state index in [1.54, 1.807) is 49.4 Å². The highest BCUT2D eigenvalue weighted by molar-refractivity contribution is 5.85. The van der Waals surface area contributed by atoms with Gasteiger partial charge in [-0.15, -0.1) is 0 Å². The number of para-hydroxylation sites is 2. The minimum Gasteiger partial charge on any atom is -0.267 e. The van der Waals surface area contributed by atoms with E-state index in [4.69, 9.17) is 0 Å². The number of aryl methyl sites for hydroxylation is 1. The van der Waals surface area contributed by atoms with E-state index in [1.165, 1.54) is 12.3 Å². The molecule has 3 aromatic rings. The Morgan fingerprint density at radius 3 is 2.65 bits per heavy atom. The van der Waals surface area contributed by atoms with Crippen LogP contribution >= 0.6 is 0 Å². The van der Waals surface area contributed by atoms with E-state index in [-0.39, 0.29) is 11.2 Å². The topological polar surface area (TPSA) is 90.4 Å².